The number of hydrogen-bond acceptors (Lipinski definition) is 3. The summed E-state index contributed by atoms with van der Waals surface area (Å²) in [6.07, 6.45) is 2.50. The van der Waals surface area contributed by atoms with E-state index in [9.17, 15) is 5.11 Å². The minimum absolute atomic E-state index is 0.0344. The van der Waals surface area contributed by atoms with Crippen LogP contribution in [0, 0.1) is 6.92 Å². The number of nitrogens with zero attached hydrogens (tertiary/aromatic N) is 1. The number of phenols is 1. The van der Waals surface area contributed by atoms with E-state index in [2.05, 4.69) is 33.2 Å². The predicted molar refractivity (Wildman–Crippen MR) is 86.4 cm³/mol. The summed E-state index contributed by atoms with van der Waals surface area (Å²) in [6.45, 7) is 4.03. The molecule has 0 radical (unpaired) electrons. The number of benzene rings is 1. The first-order chi connectivity index (χ1) is 9.52. The first kappa shape index (κ1) is 15.1. The molecule has 0 amide bonds. The van der Waals surface area contributed by atoms with E-state index in [1.807, 2.05) is 25.1 Å². The van der Waals surface area contributed by atoms with E-state index in [-0.39, 0.29) is 11.8 Å². The van der Waals surface area contributed by atoms with Gasteiger partial charge in [0, 0.05) is 16.2 Å². The zero-order valence-corrected chi connectivity index (χ0v) is 13.7. The minimum atomic E-state index is -0.0344. The van der Waals surface area contributed by atoms with Crippen molar-refractivity contribution < 1.29 is 5.11 Å². The van der Waals surface area contributed by atoms with E-state index >= 15 is 0 Å². The fraction of sp³-hybridized carbons (Fsp3) is 0.267. The molecule has 0 saturated heterocycles. The van der Waals surface area contributed by atoms with Gasteiger partial charge < -0.3 is 10.4 Å². The van der Waals surface area contributed by atoms with Crippen molar-refractivity contribution in [3.05, 3.63) is 51.2 Å². The number of halogens is 2. The van der Waals surface area contributed by atoms with Crippen molar-refractivity contribution in [2.75, 3.05) is 5.32 Å². The number of rotatable bonds is 4. The average Bonchev–Trinajstić information content (AvgIpc) is 2.42. The van der Waals surface area contributed by atoms with E-state index in [0.29, 0.717) is 5.15 Å². The Labute approximate surface area is 132 Å². The van der Waals surface area contributed by atoms with Gasteiger partial charge in [-0.15, -0.1) is 0 Å². The van der Waals surface area contributed by atoms with Crippen molar-refractivity contribution in [1.82, 2.24) is 4.98 Å². The van der Waals surface area contributed by atoms with Gasteiger partial charge in [0.15, 0.2) is 5.15 Å². The smallest absolute Gasteiger partial charge is 0.152 e. The van der Waals surface area contributed by atoms with Crippen LogP contribution in [0.25, 0.3) is 0 Å². The van der Waals surface area contributed by atoms with Crippen molar-refractivity contribution >= 4 is 33.2 Å². The molecule has 20 heavy (non-hydrogen) atoms. The van der Waals surface area contributed by atoms with Crippen LogP contribution in [0.3, 0.4) is 0 Å². The molecule has 3 nitrogen and oxygen atoms in total. The molecule has 5 heteroatoms. The van der Waals surface area contributed by atoms with Crippen LogP contribution < -0.4 is 5.32 Å². The number of aryl methyl sites for hydroxylation is 1. The fourth-order valence-corrected chi connectivity index (χ4v) is 2.72. The van der Waals surface area contributed by atoms with E-state index in [1.54, 1.807) is 12.3 Å². The fourth-order valence-electron chi connectivity index (χ4n) is 2.08. The number of aromatic nitrogens is 1. The second-order valence-electron chi connectivity index (χ2n) is 4.60. The number of anilines is 1. The van der Waals surface area contributed by atoms with Crippen LogP contribution in [0.4, 0.5) is 5.69 Å². The topological polar surface area (TPSA) is 45.2 Å². The minimum Gasteiger partial charge on any atom is -0.508 e. The largest absolute Gasteiger partial charge is 0.508 e. The van der Waals surface area contributed by atoms with Crippen molar-refractivity contribution in [2.45, 2.75) is 26.3 Å². The summed E-state index contributed by atoms with van der Waals surface area (Å²) in [6, 6.07) is 7.28. The molecule has 2 aromatic rings. The third-order valence-corrected chi connectivity index (χ3v) is 3.98. The molecule has 106 valence electrons. The molecular weight excluding hydrogens is 340 g/mol. The highest BCUT2D eigenvalue weighted by Gasteiger charge is 2.16. The maximum atomic E-state index is 10.0. The molecule has 1 aromatic carbocycles. The van der Waals surface area contributed by atoms with Gasteiger partial charge in [-0.3, -0.25) is 0 Å². The Kier molecular flexibility index (Phi) is 4.89. The summed E-state index contributed by atoms with van der Waals surface area (Å²) in [5.41, 5.74) is 2.67. The van der Waals surface area contributed by atoms with Crippen LogP contribution in [0.2, 0.25) is 5.15 Å². The van der Waals surface area contributed by atoms with Gasteiger partial charge in [-0.05, 0) is 43.2 Å². The van der Waals surface area contributed by atoms with E-state index in [1.165, 1.54) is 0 Å². The van der Waals surface area contributed by atoms with Gasteiger partial charge in [0.25, 0.3) is 0 Å². The maximum Gasteiger partial charge on any atom is 0.152 e. The van der Waals surface area contributed by atoms with Gasteiger partial charge in [-0.2, -0.15) is 0 Å². The summed E-state index contributed by atoms with van der Waals surface area (Å²) < 4.78 is 0.930. The van der Waals surface area contributed by atoms with Gasteiger partial charge in [0.2, 0.25) is 0 Å². The highest BCUT2D eigenvalue weighted by molar-refractivity contribution is 9.10. The molecule has 0 aliphatic heterocycles. The van der Waals surface area contributed by atoms with Gasteiger partial charge in [0.05, 0.1) is 11.7 Å². The number of pyridine rings is 1. The lowest BCUT2D eigenvalue weighted by Crippen LogP contribution is -2.11. The summed E-state index contributed by atoms with van der Waals surface area (Å²) in [4.78, 5) is 4.09. The number of aromatic hydroxyl groups is 1. The number of hydrogen-bond donors (Lipinski definition) is 2. The second-order valence-corrected chi connectivity index (χ2v) is 5.88. The standard InChI is InChI=1S/C15H16BrClN2O/c1-3-12(11-8-10(16)4-5-13(11)20)19-14-9(2)6-7-18-15(14)17/h4-8,12,19-20H,3H2,1-2H3. The van der Waals surface area contributed by atoms with E-state index in [0.717, 1.165) is 27.7 Å². The normalized spacial score (nSPS) is 12.2. The molecule has 2 rings (SSSR count). The van der Waals surface area contributed by atoms with Crippen molar-refractivity contribution in [2.24, 2.45) is 0 Å². The predicted octanol–water partition coefficient (Wildman–Crippen LogP) is 5.07. The van der Waals surface area contributed by atoms with Crippen LogP contribution in [-0.4, -0.2) is 10.1 Å². The zero-order chi connectivity index (χ0) is 14.7. The lowest BCUT2D eigenvalue weighted by molar-refractivity contribution is 0.462. The lowest BCUT2D eigenvalue weighted by atomic mass is 10.0. The van der Waals surface area contributed by atoms with Crippen molar-refractivity contribution in [1.29, 1.82) is 0 Å². The molecular formula is C15H16BrClN2O. The van der Waals surface area contributed by atoms with Gasteiger partial charge in [0.1, 0.15) is 5.75 Å². The third-order valence-electron chi connectivity index (χ3n) is 3.20. The Hall–Kier alpha value is -1.26. The first-order valence-electron chi connectivity index (χ1n) is 6.39. The zero-order valence-electron chi connectivity index (χ0n) is 11.3. The molecule has 0 aliphatic rings. The molecule has 2 N–H and O–H groups in total. The van der Waals surface area contributed by atoms with Crippen molar-refractivity contribution in [3.8, 4) is 5.75 Å². The Morgan fingerprint density at radius 3 is 2.80 bits per heavy atom. The SMILES string of the molecule is CCC(Nc1c(C)ccnc1Cl)c1cc(Br)ccc1O. The summed E-state index contributed by atoms with van der Waals surface area (Å²) >= 11 is 9.57. The summed E-state index contributed by atoms with van der Waals surface area (Å²) in [7, 11) is 0. The number of nitrogens with one attached hydrogen (secondary N) is 1. The second kappa shape index (κ2) is 6.46. The lowest BCUT2D eigenvalue weighted by Gasteiger charge is -2.21. The van der Waals surface area contributed by atoms with Crippen LogP contribution in [-0.2, 0) is 0 Å². The molecule has 0 aliphatic carbocycles. The van der Waals surface area contributed by atoms with E-state index < -0.39 is 0 Å². The maximum absolute atomic E-state index is 10.0. The molecule has 0 saturated carbocycles. The van der Waals surface area contributed by atoms with Crippen LogP contribution in [0.15, 0.2) is 34.9 Å². The molecule has 1 heterocycles. The molecule has 0 fully saturated rings. The molecule has 0 spiro atoms. The third kappa shape index (κ3) is 3.25. The van der Waals surface area contributed by atoms with Crippen LogP contribution in [0.1, 0.15) is 30.5 Å². The van der Waals surface area contributed by atoms with Crippen LogP contribution >= 0.6 is 27.5 Å². The molecule has 1 unspecified atom stereocenters. The van der Waals surface area contributed by atoms with Crippen molar-refractivity contribution in [3.63, 3.8) is 0 Å². The summed E-state index contributed by atoms with van der Waals surface area (Å²) in [5, 5.41) is 13.9. The Balaban J connectivity index is 2.36. The highest BCUT2D eigenvalue weighted by Crippen LogP contribution is 2.34. The van der Waals surface area contributed by atoms with Crippen LogP contribution in [0.5, 0.6) is 5.75 Å². The van der Waals surface area contributed by atoms with E-state index in [4.69, 9.17) is 11.6 Å². The average molecular weight is 356 g/mol. The number of phenolic OH excluding ortho intramolecular Hbond substituents is 1. The molecule has 1 atom stereocenters. The molecule has 0 bridgehead atoms. The Morgan fingerprint density at radius 1 is 1.40 bits per heavy atom. The van der Waals surface area contributed by atoms with Gasteiger partial charge >= 0.3 is 0 Å². The summed E-state index contributed by atoms with van der Waals surface area (Å²) in [5.74, 6) is 0.269. The van der Waals surface area contributed by atoms with Gasteiger partial charge in [-0.25, -0.2) is 4.98 Å². The molecule has 1 aromatic heterocycles. The highest BCUT2D eigenvalue weighted by atomic mass is 79.9. The first-order valence-corrected chi connectivity index (χ1v) is 7.56. The monoisotopic (exact) mass is 354 g/mol. The van der Waals surface area contributed by atoms with Gasteiger partial charge in [-0.1, -0.05) is 34.5 Å². The Bertz CT molecular complexity index is 599. The quantitative estimate of drug-likeness (QED) is 0.752. The Morgan fingerprint density at radius 2 is 2.15 bits per heavy atom.